The van der Waals surface area contributed by atoms with Gasteiger partial charge in [-0.2, -0.15) is 0 Å². The van der Waals surface area contributed by atoms with Crippen molar-refractivity contribution in [2.75, 3.05) is 6.54 Å². The number of rotatable bonds is 6. The normalized spacial score (nSPS) is 10.7. The summed E-state index contributed by atoms with van der Waals surface area (Å²) in [5.74, 6) is -2.54. The number of nitrogens with two attached hydrogens (primary N) is 1. The van der Waals surface area contributed by atoms with Gasteiger partial charge in [0.1, 0.15) is 11.6 Å². The molecule has 7 heteroatoms. The number of nitrogens with one attached hydrogen (secondary N) is 1. The third-order valence-corrected chi connectivity index (χ3v) is 2.80. The first kappa shape index (κ1) is 19.5. The van der Waals surface area contributed by atoms with Crippen LogP contribution < -0.4 is 11.1 Å². The van der Waals surface area contributed by atoms with Crippen LogP contribution >= 0.6 is 12.4 Å². The van der Waals surface area contributed by atoms with Crippen molar-refractivity contribution < 1.29 is 18.4 Å². The highest BCUT2D eigenvalue weighted by Crippen LogP contribution is 2.13. The number of Topliss-reactive ketones (excluding diaryl/α,β-unsaturated/α-hetero) is 1. The number of benzene rings is 1. The summed E-state index contributed by atoms with van der Waals surface area (Å²) in [6.45, 7) is 3.78. The fraction of sp³-hybridized carbons (Fsp3) is 0.429. The highest BCUT2D eigenvalue weighted by molar-refractivity contribution is 5.98. The van der Waals surface area contributed by atoms with Crippen LogP contribution in [0.5, 0.6) is 0 Å². The van der Waals surface area contributed by atoms with Gasteiger partial charge in [0.25, 0.3) is 0 Å². The van der Waals surface area contributed by atoms with Crippen LogP contribution in [-0.2, 0) is 4.79 Å². The molecule has 0 radical (unpaired) electrons. The topological polar surface area (TPSA) is 72.2 Å². The SMILES string of the molecule is CC(C)(CN)NC(=O)CCC(=O)c1ccc(F)cc1F.Cl. The summed E-state index contributed by atoms with van der Waals surface area (Å²) in [6, 6.07) is 2.73. The van der Waals surface area contributed by atoms with Crippen molar-refractivity contribution in [3.05, 3.63) is 35.4 Å². The minimum atomic E-state index is -0.919. The second-order valence-corrected chi connectivity index (χ2v) is 5.18. The maximum atomic E-state index is 13.4. The highest BCUT2D eigenvalue weighted by atomic mass is 35.5. The molecule has 21 heavy (non-hydrogen) atoms. The van der Waals surface area contributed by atoms with E-state index in [9.17, 15) is 18.4 Å². The first-order valence-corrected chi connectivity index (χ1v) is 6.24. The predicted octanol–water partition coefficient (Wildman–Crippen LogP) is 2.20. The molecular formula is C14H19ClF2N2O2. The maximum absolute atomic E-state index is 13.4. The van der Waals surface area contributed by atoms with Gasteiger partial charge in [0, 0.05) is 31.0 Å². The summed E-state index contributed by atoms with van der Waals surface area (Å²) in [5, 5.41) is 2.67. The minimum absolute atomic E-state index is 0. The number of halogens is 3. The van der Waals surface area contributed by atoms with E-state index in [1.807, 2.05) is 0 Å². The molecule has 0 unspecified atom stereocenters. The zero-order chi connectivity index (χ0) is 15.3. The molecule has 1 amide bonds. The molecule has 118 valence electrons. The van der Waals surface area contributed by atoms with Crippen molar-refractivity contribution in [2.45, 2.75) is 32.2 Å². The van der Waals surface area contributed by atoms with Crippen LogP contribution in [0.15, 0.2) is 18.2 Å². The van der Waals surface area contributed by atoms with Gasteiger partial charge in [0.05, 0.1) is 5.56 Å². The molecule has 0 fully saturated rings. The lowest BCUT2D eigenvalue weighted by Crippen LogP contribution is -2.48. The Balaban J connectivity index is 0.00000400. The van der Waals surface area contributed by atoms with Gasteiger partial charge in [-0.05, 0) is 26.0 Å². The molecule has 1 rings (SSSR count). The summed E-state index contributed by atoms with van der Waals surface area (Å²) in [6.07, 6.45) is -0.214. The largest absolute Gasteiger partial charge is 0.350 e. The quantitative estimate of drug-likeness (QED) is 0.789. The van der Waals surface area contributed by atoms with Crippen LogP contribution in [0.3, 0.4) is 0 Å². The molecule has 0 bridgehead atoms. The Morgan fingerprint density at radius 1 is 1.24 bits per heavy atom. The van der Waals surface area contributed by atoms with Crippen molar-refractivity contribution in [2.24, 2.45) is 5.73 Å². The molecule has 0 aliphatic rings. The van der Waals surface area contributed by atoms with E-state index in [4.69, 9.17) is 5.73 Å². The smallest absolute Gasteiger partial charge is 0.220 e. The number of carbonyl (C=O) groups excluding carboxylic acids is 2. The van der Waals surface area contributed by atoms with Crippen LogP contribution in [0.1, 0.15) is 37.0 Å². The Bertz CT molecular complexity index is 522. The molecule has 0 aliphatic heterocycles. The average Bonchev–Trinajstić information content (AvgIpc) is 2.35. The average molecular weight is 321 g/mol. The molecular weight excluding hydrogens is 302 g/mol. The van der Waals surface area contributed by atoms with Crippen LogP contribution in [0.2, 0.25) is 0 Å². The fourth-order valence-electron chi connectivity index (χ4n) is 1.57. The third kappa shape index (κ3) is 6.18. The zero-order valence-corrected chi connectivity index (χ0v) is 12.7. The van der Waals surface area contributed by atoms with Gasteiger partial charge < -0.3 is 11.1 Å². The van der Waals surface area contributed by atoms with Gasteiger partial charge in [0.15, 0.2) is 5.78 Å². The van der Waals surface area contributed by atoms with Crippen LogP contribution in [-0.4, -0.2) is 23.8 Å². The fourth-order valence-corrected chi connectivity index (χ4v) is 1.57. The first-order valence-electron chi connectivity index (χ1n) is 6.24. The number of amides is 1. The molecule has 3 N–H and O–H groups in total. The van der Waals surface area contributed by atoms with Gasteiger partial charge in [-0.1, -0.05) is 0 Å². The van der Waals surface area contributed by atoms with Crippen molar-refractivity contribution in [1.82, 2.24) is 5.32 Å². The minimum Gasteiger partial charge on any atom is -0.350 e. The molecule has 0 saturated carbocycles. The summed E-state index contributed by atoms with van der Waals surface area (Å²) >= 11 is 0. The van der Waals surface area contributed by atoms with Gasteiger partial charge in [0.2, 0.25) is 5.91 Å². The second-order valence-electron chi connectivity index (χ2n) is 5.18. The van der Waals surface area contributed by atoms with E-state index >= 15 is 0 Å². The predicted molar refractivity (Wildman–Crippen MR) is 78.4 cm³/mol. The molecule has 0 aromatic heterocycles. The van der Waals surface area contributed by atoms with Crippen molar-refractivity contribution in [1.29, 1.82) is 0 Å². The van der Waals surface area contributed by atoms with Crippen LogP contribution in [0.4, 0.5) is 8.78 Å². The molecule has 0 saturated heterocycles. The molecule has 1 aromatic rings. The first-order chi connectivity index (χ1) is 9.25. The van der Waals surface area contributed by atoms with Gasteiger partial charge >= 0.3 is 0 Å². The monoisotopic (exact) mass is 320 g/mol. The van der Waals surface area contributed by atoms with E-state index in [0.29, 0.717) is 6.07 Å². The van der Waals surface area contributed by atoms with E-state index in [0.717, 1.165) is 12.1 Å². The molecule has 1 aromatic carbocycles. The number of hydrogen-bond acceptors (Lipinski definition) is 3. The lowest BCUT2D eigenvalue weighted by Gasteiger charge is -2.24. The third-order valence-electron chi connectivity index (χ3n) is 2.80. The second kappa shape index (κ2) is 8.05. The summed E-state index contributed by atoms with van der Waals surface area (Å²) in [7, 11) is 0. The number of ketones is 1. The number of hydrogen-bond donors (Lipinski definition) is 2. The molecule has 4 nitrogen and oxygen atoms in total. The molecule has 0 heterocycles. The van der Waals surface area contributed by atoms with Gasteiger partial charge in [-0.25, -0.2) is 8.78 Å². The lowest BCUT2D eigenvalue weighted by molar-refractivity contribution is -0.122. The Morgan fingerprint density at radius 3 is 2.38 bits per heavy atom. The Labute approximate surface area is 128 Å². The summed E-state index contributed by atoms with van der Waals surface area (Å²) in [5.41, 5.74) is 4.70. The molecule has 0 aliphatic carbocycles. The Kier molecular flexibility index (Phi) is 7.46. The highest BCUT2D eigenvalue weighted by Gasteiger charge is 2.19. The lowest BCUT2D eigenvalue weighted by atomic mass is 10.0. The van der Waals surface area contributed by atoms with Crippen LogP contribution in [0, 0.1) is 11.6 Å². The number of carbonyl (C=O) groups is 2. The van der Waals surface area contributed by atoms with Gasteiger partial charge in [-0.3, -0.25) is 9.59 Å². The molecule has 0 atom stereocenters. The van der Waals surface area contributed by atoms with Crippen molar-refractivity contribution >= 4 is 24.1 Å². The van der Waals surface area contributed by atoms with Crippen LogP contribution in [0.25, 0.3) is 0 Å². The van der Waals surface area contributed by atoms with E-state index < -0.39 is 23.0 Å². The molecule has 0 spiro atoms. The summed E-state index contributed by atoms with van der Waals surface area (Å²) < 4.78 is 26.1. The zero-order valence-electron chi connectivity index (χ0n) is 11.9. The van der Waals surface area contributed by atoms with Gasteiger partial charge in [-0.15, -0.1) is 12.4 Å². The summed E-state index contributed by atoms with van der Waals surface area (Å²) in [4.78, 5) is 23.4. The Hall–Kier alpha value is -1.53. The standard InChI is InChI=1S/C14H18F2N2O2.ClH/c1-14(2,8-17)18-13(20)6-5-12(19)10-4-3-9(15)7-11(10)16;/h3-4,7H,5-6,8,17H2,1-2H3,(H,18,20);1H. The van der Waals surface area contributed by atoms with Crippen molar-refractivity contribution in [3.8, 4) is 0 Å². The van der Waals surface area contributed by atoms with E-state index in [1.165, 1.54) is 0 Å². The van der Waals surface area contributed by atoms with E-state index in [-0.39, 0.29) is 43.3 Å². The van der Waals surface area contributed by atoms with E-state index in [2.05, 4.69) is 5.32 Å². The Morgan fingerprint density at radius 2 is 1.86 bits per heavy atom. The maximum Gasteiger partial charge on any atom is 0.220 e. The van der Waals surface area contributed by atoms with E-state index in [1.54, 1.807) is 13.8 Å². The van der Waals surface area contributed by atoms with Crippen molar-refractivity contribution in [3.63, 3.8) is 0 Å².